The third kappa shape index (κ3) is 4.18. The van der Waals surface area contributed by atoms with Gasteiger partial charge in [0.1, 0.15) is 12.7 Å². The number of pyridine rings is 1. The SMILES string of the molecule is COC(=O)c1cccc(-c2c(C)cc(OC[C@@H]3COC(C)(C)O3)nc2C)c1C. The molecule has 0 radical (unpaired) electrons. The first-order valence-corrected chi connectivity index (χ1v) is 9.33. The largest absolute Gasteiger partial charge is 0.475 e. The highest BCUT2D eigenvalue weighted by Gasteiger charge is 2.33. The van der Waals surface area contributed by atoms with Crippen molar-refractivity contribution in [1.82, 2.24) is 4.98 Å². The van der Waals surface area contributed by atoms with E-state index in [-0.39, 0.29) is 12.1 Å². The maximum atomic E-state index is 12.0. The van der Waals surface area contributed by atoms with Crippen LogP contribution in [0.2, 0.25) is 0 Å². The molecule has 0 amide bonds. The standard InChI is InChI=1S/C22H27NO5/c1-13-10-19(26-11-16-12-27-22(4,5)28-16)23-15(3)20(13)17-8-7-9-18(14(17)2)21(24)25-6/h7-10,16H,11-12H2,1-6H3/t16-/m1/s1. The maximum Gasteiger partial charge on any atom is 0.338 e. The van der Waals surface area contributed by atoms with Crippen molar-refractivity contribution in [3.8, 4) is 17.0 Å². The minimum atomic E-state index is -0.570. The van der Waals surface area contributed by atoms with Gasteiger partial charge in [-0.15, -0.1) is 0 Å². The topological polar surface area (TPSA) is 66.9 Å². The number of hydrogen-bond donors (Lipinski definition) is 0. The number of nitrogens with zero attached hydrogens (tertiary/aromatic N) is 1. The Kier molecular flexibility index (Phi) is 5.72. The van der Waals surface area contributed by atoms with Crippen LogP contribution in [-0.2, 0) is 14.2 Å². The van der Waals surface area contributed by atoms with Gasteiger partial charge in [0, 0.05) is 17.3 Å². The van der Waals surface area contributed by atoms with E-state index in [1.165, 1.54) is 7.11 Å². The first-order valence-electron chi connectivity index (χ1n) is 9.33. The van der Waals surface area contributed by atoms with E-state index in [4.69, 9.17) is 18.9 Å². The lowest BCUT2D eigenvalue weighted by Crippen LogP contribution is -2.25. The van der Waals surface area contributed by atoms with Gasteiger partial charge in [-0.25, -0.2) is 9.78 Å². The van der Waals surface area contributed by atoms with E-state index < -0.39 is 5.79 Å². The molecule has 6 nitrogen and oxygen atoms in total. The van der Waals surface area contributed by atoms with E-state index in [2.05, 4.69) is 4.98 Å². The van der Waals surface area contributed by atoms with Crippen molar-refractivity contribution in [3.63, 3.8) is 0 Å². The van der Waals surface area contributed by atoms with Gasteiger partial charge in [-0.1, -0.05) is 12.1 Å². The zero-order valence-electron chi connectivity index (χ0n) is 17.3. The number of methoxy groups -OCH3 is 1. The lowest BCUT2D eigenvalue weighted by atomic mass is 9.93. The Balaban J connectivity index is 1.84. The summed E-state index contributed by atoms with van der Waals surface area (Å²) >= 11 is 0. The summed E-state index contributed by atoms with van der Waals surface area (Å²) in [6, 6.07) is 7.53. The highest BCUT2D eigenvalue weighted by atomic mass is 16.7. The van der Waals surface area contributed by atoms with E-state index in [9.17, 15) is 4.79 Å². The summed E-state index contributed by atoms with van der Waals surface area (Å²) < 4.78 is 22.1. The average Bonchev–Trinajstić information content (AvgIpc) is 2.99. The van der Waals surface area contributed by atoms with Gasteiger partial charge in [-0.3, -0.25) is 0 Å². The summed E-state index contributed by atoms with van der Waals surface area (Å²) in [6.45, 7) is 10.5. The molecular formula is C22H27NO5. The summed E-state index contributed by atoms with van der Waals surface area (Å²) in [7, 11) is 1.39. The highest BCUT2D eigenvalue weighted by molar-refractivity contribution is 5.93. The van der Waals surface area contributed by atoms with Gasteiger partial charge in [0.25, 0.3) is 0 Å². The first kappa shape index (κ1) is 20.3. The van der Waals surface area contributed by atoms with Crippen molar-refractivity contribution in [2.24, 2.45) is 0 Å². The van der Waals surface area contributed by atoms with Crippen LogP contribution in [0.15, 0.2) is 24.3 Å². The Labute approximate surface area is 165 Å². The third-order valence-corrected chi connectivity index (χ3v) is 4.87. The highest BCUT2D eigenvalue weighted by Crippen LogP contribution is 2.33. The minimum absolute atomic E-state index is 0.115. The monoisotopic (exact) mass is 385 g/mol. The van der Waals surface area contributed by atoms with Crippen LogP contribution >= 0.6 is 0 Å². The molecule has 0 bridgehead atoms. The Morgan fingerprint density at radius 3 is 2.64 bits per heavy atom. The van der Waals surface area contributed by atoms with E-state index in [1.807, 2.05) is 52.8 Å². The Morgan fingerprint density at radius 2 is 2.04 bits per heavy atom. The van der Waals surface area contributed by atoms with Gasteiger partial charge in [0.05, 0.1) is 19.3 Å². The minimum Gasteiger partial charge on any atom is -0.475 e. The number of carbonyl (C=O) groups excluding carboxylic acids is 1. The number of ether oxygens (including phenoxy) is 4. The van der Waals surface area contributed by atoms with Crippen molar-refractivity contribution < 1.29 is 23.7 Å². The molecule has 6 heteroatoms. The molecule has 1 fully saturated rings. The molecule has 2 aromatic rings. The zero-order chi connectivity index (χ0) is 20.5. The Hall–Kier alpha value is -2.44. The smallest absolute Gasteiger partial charge is 0.338 e. The number of carbonyl (C=O) groups is 1. The molecule has 1 saturated heterocycles. The predicted molar refractivity (Wildman–Crippen MR) is 106 cm³/mol. The average molecular weight is 385 g/mol. The second-order valence-corrected chi connectivity index (χ2v) is 7.47. The van der Waals surface area contributed by atoms with Gasteiger partial charge in [0.2, 0.25) is 5.88 Å². The summed E-state index contributed by atoms with van der Waals surface area (Å²) in [5.41, 5.74) is 5.25. The van der Waals surface area contributed by atoms with Crippen molar-refractivity contribution in [3.05, 3.63) is 46.6 Å². The van der Waals surface area contributed by atoms with E-state index in [1.54, 1.807) is 6.07 Å². The van der Waals surface area contributed by atoms with E-state index >= 15 is 0 Å². The molecule has 1 aliphatic rings. The van der Waals surface area contributed by atoms with Crippen molar-refractivity contribution in [2.45, 2.75) is 46.5 Å². The fourth-order valence-electron chi connectivity index (χ4n) is 3.54. The summed E-state index contributed by atoms with van der Waals surface area (Å²) in [5, 5.41) is 0. The molecule has 1 aliphatic heterocycles. The van der Waals surface area contributed by atoms with Crippen molar-refractivity contribution >= 4 is 5.97 Å². The molecule has 28 heavy (non-hydrogen) atoms. The number of aryl methyl sites for hydroxylation is 2. The number of aromatic nitrogens is 1. The fourth-order valence-corrected chi connectivity index (χ4v) is 3.54. The van der Waals surface area contributed by atoms with E-state index in [0.717, 1.165) is 27.9 Å². The Morgan fingerprint density at radius 1 is 1.29 bits per heavy atom. The number of benzene rings is 1. The van der Waals surface area contributed by atoms with Crippen LogP contribution in [0.3, 0.4) is 0 Å². The van der Waals surface area contributed by atoms with Crippen LogP contribution in [0.25, 0.3) is 11.1 Å². The summed E-state index contributed by atoms with van der Waals surface area (Å²) in [4.78, 5) is 16.6. The molecule has 0 N–H and O–H groups in total. The molecule has 0 aliphatic carbocycles. The van der Waals surface area contributed by atoms with Crippen molar-refractivity contribution in [2.75, 3.05) is 20.3 Å². The van der Waals surface area contributed by atoms with Gasteiger partial charge in [0.15, 0.2) is 5.79 Å². The van der Waals surface area contributed by atoms with Crippen LogP contribution in [-0.4, -0.2) is 43.2 Å². The second-order valence-electron chi connectivity index (χ2n) is 7.47. The predicted octanol–water partition coefficient (Wildman–Crippen LogP) is 3.99. The quantitative estimate of drug-likeness (QED) is 0.725. The lowest BCUT2D eigenvalue weighted by Gasteiger charge is -2.18. The van der Waals surface area contributed by atoms with Crippen LogP contribution in [0.5, 0.6) is 5.88 Å². The zero-order valence-corrected chi connectivity index (χ0v) is 17.3. The molecule has 0 saturated carbocycles. The molecule has 1 aromatic carbocycles. The van der Waals surface area contributed by atoms with Gasteiger partial charge >= 0.3 is 5.97 Å². The molecule has 0 spiro atoms. The third-order valence-electron chi connectivity index (χ3n) is 4.87. The van der Waals surface area contributed by atoms with Crippen LogP contribution in [0.4, 0.5) is 0 Å². The lowest BCUT2D eigenvalue weighted by molar-refractivity contribution is -0.141. The second kappa shape index (κ2) is 7.89. The Bertz CT molecular complexity index is 867. The molecule has 0 unspecified atom stereocenters. The number of rotatable bonds is 5. The van der Waals surface area contributed by atoms with Gasteiger partial charge in [-0.05, 0) is 57.4 Å². The molecule has 3 rings (SSSR count). The van der Waals surface area contributed by atoms with Crippen LogP contribution < -0.4 is 4.74 Å². The van der Waals surface area contributed by atoms with Crippen LogP contribution in [0.1, 0.15) is 41.0 Å². The number of hydrogen-bond acceptors (Lipinski definition) is 6. The maximum absolute atomic E-state index is 12.0. The summed E-state index contributed by atoms with van der Waals surface area (Å²) in [5.74, 6) is -0.364. The molecule has 2 heterocycles. The molecule has 150 valence electrons. The fraction of sp³-hybridized carbons (Fsp3) is 0.455. The molecule has 1 atom stereocenters. The number of esters is 1. The molecular weight excluding hydrogens is 358 g/mol. The molecule has 1 aromatic heterocycles. The first-order chi connectivity index (χ1) is 13.2. The summed E-state index contributed by atoms with van der Waals surface area (Å²) in [6.07, 6.45) is -0.115. The van der Waals surface area contributed by atoms with E-state index in [0.29, 0.717) is 24.7 Å². The van der Waals surface area contributed by atoms with Crippen molar-refractivity contribution in [1.29, 1.82) is 0 Å². The van der Waals surface area contributed by atoms with Crippen LogP contribution in [0, 0.1) is 20.8 Å². The van der Waals surface area contributed by atoms with Gasteiger partial charge < -0.3 is 18.9 Å². The normalized spacial score (nSPS) is 18.1. The van der Waals surface area contributed by atoms with Gasteiger partial charge in [-0.2, -0.15) is 0 Å².